The Balaban J connectivity index is 2.18. The first-order chi connectivity index (χ1) is 9.26. The third-order valence-electron chi connectivity index (χ3n) is 3.52. The van der Waals surface area contributed by atoms with E-state index < -0.39 is 0 Å². The standard InChI is InChI=1S/C15H21NO2S/c1-17-13-8-7-12(11-14(13)18-2)15(19)16-9-5-3-4-6-10-16/h7-8,11H,3-6,9-10H2,1-2H3. The van der Waals surface area contributed by atoms with Gasteiger partial charge in [-0.1, -0.05) is 25.1 Å². The first-order valence-electron chi connectivity index (χ1n) is 6.77. The predicted octanol–water partition coefficient (Wildman–Crippen LogP) is 3.26. The van der Waals surface area contributed by atoms with Crippen molar-refractivity contribution in [3.8, 4) is 11.5 Å². The van der Waals surface area contributed by atoms with Crippen LogP contribution in [0.4, 0.5) is 0 Å². The van der Waals surface area contributed by atoms with Crippen LogP contribution in [0.15, 0.2) is 18.2 Å². The Bertz CT molecular complexity index is 440. The molecule has 0 radical (unpaired) electrons. The smallest absolute Gasteiger partial charge is 0.161 e. The van der Waals surface area contributed by atoms with Gasteiger partial charge in [0.2, 0.25) is 0 Å². The van der Waals surface area contributed by atoms with Crippen molar-refractivity contribution >= 4 is 17.2 Å². The molecule has 19 heavy (non-hydrogen) atoms. The highest BCUT2D eigenvalue weighted by molar-refractivity contribution is 7.80. The van der Waals surface area contributed by atoms with Gasteiger partial charge in [-0.15, -0.1) is 0 Å². The number of nitrogens with zero attached hydrogens (tertiary/aromatic N) is 1. The van der Waals surface area contributed by atoms with E-state index in [4.69, 9.17) is 21.7 Å². The van der Waals surface area contributed by atoms with Crippen LogP contribution in [0.3, 0.4) is 0 Å². The highest BCUT2D eigenvalue weighted by atomic mass is 32.1. The highest BCUT2D eigenvalue weighted by Crippen LogP contribution is 2.28. The second-order valence-electron chi connectivity index (χ2n) is 4.78. The largest absolute Gasteiger partial charge is 0.493 e. The Labute approximate surface area is 120 Å². The second-order valence-corrected chi connectivity index (χ2v) is 5.16. The molecule has 1 aromatic rings. The lowest BCUT2D eigenvalue weighted by molar-refractivity contribution is 0.354. The molecule has 0 atom stereocenters. The summed E-state index contributed by atoms with van der Waals surface area (Å²) in [5.74, 6) is 1.47. The Morgan fingerprint density at radius 2 is 1.63 bits per heavy atom. The SMILES string of the molecule is COc1ccc(C(=S)N2CCCCCC2)cc1OC. The van der Waals surface area contributed by atoms with Gasteiger partial charge in [0, 0.05) is 18.7 Å². The lowest BCUT2D eigenvalue weighted by Gasteiger charge is -2.23. The monoisotopic (exact) mass is 279 g/mol. The van der Waals surface area contributed by atoms with Crippen molar-refractivity contribution in [3.63, 3.8) is 0 Å². The molecule has 0 unspecified atom stereocenters. The summed E-state index contributed by atoms with van der Waals surface area (Å²) in [6.07, 6.45) is 5.08. The van der Waals surface area contributed by atoms with Crippen LogP contribution in [-0.2, 0) is 0 Å². The minimum atomic E-state index is 0.733. The van der Waals surface area contributed by atoms with Crippen LogP contribution < -0.4 is 9.47 Å². The van der Waals surface area contributed by atoms with Crippen molar-refractivity contribution in [1.82, 2.24) is 4.90 Å². The fourth-order valence-electron chi connectivity index (χ4n) is 2.43. The number of benzene rings is 1. The third-order valence-corrected chi connectivity index (χ3v) is 4.02. The molecule has 1 fully saturated rings. The van der Waals surface area contributed by atoms with Crippen LogP contribution in [0.2, 0.25) is 0 Å². The van der Waals surface area contributed by atoms with E-state index in [9.17, 15) is 0 Å². The van der Waals surface area contributed by atoms with E-state index in [1.54, 1.807) is 14.2 Å². The van der Waals surface area contributed by atoms with Crippen molar-refractivity contribution in [3.05, 3.63) is 23.8 Å². The van der Waals surface area contributed by atoms with Crippen molar-refractivity contribution in [1.29, 1.82) is 0 Å². The number of ether oxygens (including phenoxy) is 2. The lowest BCUT2D eigenvalue weighted by atomic mass is 10.2. The van der Waals surface area contributed by atoms with Gasteiger partial charge in [-0.3, -0.25) is 0 Å². The fourth-order valence-corrected chi connectivity index (χ4v) is 2.74. The zero-order valence-electron chi connectivity index (χ0n) is 11.6. The lowest BCUT2D eigenvalue weighted by Crippen LogP contribution is -2.31. The highest BCUT2D eigenvalue weighted by Gasteiger charge is 2.15. The Kier molecular flexibility index (Phi) is 5.02. The third kappa shape index (κ3) is 3.38. The van der Waals surface area contributed by atoms with Gasteiger partial charge in [0.15, 0.2) is 11.5 Å². The number of rotatable bonds is 3. The summed E-state index contributed by atoms with van der Waals surface area (Å²) < 4.78 is 10.6. The van der Waals surface area contributed by atoms with Gasteiger partial charge < -0.3 is 14.4 Å². The van der Waals surface area contributed by atoms with Gasteiger partial charge in [-0.25, -0.2) is 0 Å². The van der Waals surface area contributed by atoms with Crippen LogP contribution in [0, 0.1) is 0 Å². The predicted molar refractivity (Wildman–Crippen MR) is 81.3 cm³/mol. The second kappa shape index (κ2) is 6.75. The summed E-state index contributed by atoms with van der Waals surface area (Å²) in [5, 5.41) is 0. The molecule has 2 rings (SSSR count). The maximum absolute atomic E-state index is 5.62. The Morgan fingerprint density at radius 3 is 2.21 bits per heavy atom. The van der Waals surface area contributed by atoms with Gasteiger partial charge in [0.25, 0.3) is 0 Å². The molecule has 1 saturated heterocycles. The zero-order chi connectivity index (χ0) is 13.7. The summed E-state index contributed by atoms with van der Waals surface area (Å²) in [6.45, 7) is 2.13. The average Bonchev–Trinajstić information content (AvgIpc) is 2.74. The molecule has 0 aliphatic carbocycles. The van der Waals surface area contributed by atoms with E-state index >= 15 is 0 Å². The van der Waals surface area contributed by atoms with Crippen molar-refractivity contribution in [2.45, 2.75) is 25.7 Å². The minimum Gasteiger partial charge on any atom is -0.493 e. The van der Waals surface area contributed by atoms with E-state index in [1.165, 1.54) is 25.7 Å². The normalized spacial score (nSPS) is 15.8. The van der Waals surface area contributed by atoms with E-state index in [-0.39, 0.29) is 0 Å². The maximum Gasteiger partial charge on any atom is 0.161 e. The van der Waals surface area contributed by atoms with Gasteiger partial charge in [0.05, 0.1) is 14.2 Å². The molecule has 4 heteroatoms. The van der Waals surface area contributed by atoms with Crippen LogP contribution >= 0.6 is 12.2 Å². The number of hydrogen-bond donors (Lipinski definition) is 0. The summed E-state index contributed by atoms with van der Waals surface area (Å²) in [6, 6.07) is 5.89. The maximum atomic E-state index is 5.62. The molecule has 0 amide bonds. The minimum absolute atomic E-state index is 0.733. The first kappa shape index (κ1) is 14.1. The molecule has 1 aliphatic rings. The van der Waals surface area contributed by atoms with E-state index in [1.807, 2.05) is 18.2 Å². The Morgan fingerprint density at radius 1 is 1.00 bits per heavy atom. The summed E-state index contributed by atoms with van der Waals surface area (Å²) >= 11 is 5.62. The topological polar surface area (TPSA) is 21.7 Å². The van der Waals surface area contributed by atoms with Gasteiger partial charge in [-0.05, 0) is 31.0 Å². The summed E-state index contributed by atoms with van der Waals surface area (Å²) in [4.78, 5) is 3.23. The molecule has 104 valence electrons. The molecule has 1 aromatic carbocycles. The molecular weight excluding hydrogens is 258 g/mol. The summed E-state index contributed by atoms with van der Waals surface area (Å²) in [7, 11) is 3.29. The number of methoxy groups -OCH3 is 2. The molecule has 0 spiro atoms. The molecule has 0 aromatic heterocycles. The average molecular weight is 279 g/mol. The van der Waals surface area contributed by atoms with Crippen molar-refractivity contribution in [2.24, 2.45) is 0 Å². The molecule has 0 N–H and O–H groups in total. The van der Waals surface area contributed by atoms with Gasteiger partial charge in [-0.2, -0.15) is 0 Å². The molecule has 0 bridgehead atoms. The number of hydrogen-bond acceptors (Lipinski definition) is 3. The van der Waals surface area contributed by atoms with E-state index in [0.717, 1.165) is 35.1 Å². The Hall–Kier alpha value is -1.29. The molecule has 0 saturated carbocycles. The first-order valence-corrected chi connectivity index (χ1v) is 7.18. The van der Waals surface area contributed by atoms with Crippen LogP contribution in [0.5, 0.6) is 11.5 Å². The van der Waals surface area contributed by atoms with Gasteiger partial charge in [0.1, 0.15) is 4.99 Å². The van der Waals surface area contributed by atoms with E-state index in [0.29, 0.717) is 0 Å². The van der Waals surface area contributed by atoms with Crippen molar-refractivity contribution < 1.29 is 9.47 Å². The van der Waals surface area contributed by atoms with Crippen molar-refractivity contribution in [2.75, 3.05) is 27.3 Å². The number of thiocarbonyl (C=S) groups is 1. The van der Waals surface area contributed by atoms with Crippen LogP contribution in [0.1, 0.15) is 31.2 Å². The fraction of sp³-hybridized carbons (Fsp3) is 0.533. The molecule has 1 heterocycles. The van der Waals surface area contributed by atoms with Crippen LogP contribution in [0.25, 0.3) is 0 Å². The summed E-state index contributed by atoms with van der Waals surface area (Å²) in [5.41, 5.74) is 1.04. The molecule has 1 aliphatic heterocycles. The van der Waals surface area contributed by atoms with Gasteiger partial charge >= 0.3 is 0 Å². The zero-order valence-corrected chi connectivity index (χ0v) is 12.5. The quantitative estimate of drug-likeness (QED) is 0.792. The molecule has 3 nitrogen and oxygen atoms in total. The molecular formula is C15H21NO2S. The number of likely N-dealkylation sites (tertiary alicyclic amines) is 1. The van der Waals surface area contributed by atoms with E-state index in [2.05, 4.69) is 4.90 Å². The van der Waals surface area contributed by atoms with Crippen LogP contribution in [-0.4, -0.2) is 37.2 Å².